The molecule has 6 nitrogen and oxygen atoms in total. The maximum atomic E-state index is 13.0. The number of benzene rings is 2. The molecule has 3 rings (SSSR count). The van der Waals surface area contributed by atoms with E-state index in [-0.39, 0.29) is 30.1 Å². The molecular formula is C21H22FN3O3. The summed E-state index contributed by atoms with van der Waals surface area (Å²) in [6.45, 7) is 2.21. The predicted octanol–water partition coefficient (Wildman–Crippen LogP) is 3.34. The smallest absolute Gasteiger partial charge is 0.322 e. The number of halogens is 1. The van der Waals surface area contributed by atoms with E-state index in [4.69, 9.17) is 0 Å². The van der Waals surface area contributed by atoms with Crippen molar-refractivity contribution in [1.82, 2.24) is 10.2 Å². The second-order valence-corrected chi connectivity index (χ2v) is 6.76. The highest BCUT2D eigenvalue weighted by Gasteiger charge is 2.34. The molecule has 0 unspecified atom stereocenters. The van der Waals surface area contributed by atoms with Crippen LogP contribution in [0.5, 0.6) is 0 Å². The Morgan fingerprint density at radius 2 is 1.89 bits per heavy atom. The Morgan fingerprint density at radius 1 is 1.14 bits per heavy atom. The van der Waals surface area contributed by atoms with Gasteiger partial charge in [-0.05, 0) is 49.6 Å². The quantitative estimate of drug-likeness (QED) is 0.778. The lowest BCUT2D eigenvalue weighted by molar-refractivity contribution is -0.124. The fourth-order valence-corrected chi connectivity index (χ4v) is 3.20. The van der Waals surface area contributed by atoms with Gasteiger partial charge in [-0.15, -0.1) is 0 Å². The van der Waals surface area contributed by atoms with E-state index in [2.05, 4.69) is 10.6 Å². The number of amides is 3. The monoisotopic (exact) mass is 383 g/mol. The zero-order chi connectivity index (χ0) is 20.1. The molecular weight excluding hydrogens is 361 g/mol. The van der Waals surface area contributed by atoms with Crippen molar-refractivity contribution in [3.8, 4) is 0 Å². The first-order valence-electron chi connectivity index (χ1n) is 9.15. The minimum absolute atomic E-state index is 0.0877. The fraction of sp³-hybridized carbons (Fsp3) is 0.286. The number of urea groups is 1. The average Bonchev–Trinajstić information content (AvgIpc) is 3.17. The number of likely N-dealkylation sites (tertiary alicyclic amines) is 1. The van der Waals surface area contributed by atoms with Crippen molar-refractivity contribution in [2.45, 2.75) is 32.4 Å². The summed E-state index contributed by atoms with van der Waals surface area (Å²) in [4.78, 5) is 38.2. The number of anilines is 1. The van der Waals surface area contributed by atoms with Crippen molar-refractivity contribution in [3.63, 3.8) is 0 Å². The largest absolute Gasteiger partial charge is 0.350 e. The number of carbonyl (C=O) groups excluding carboxylic acids is 3. The molecule has 1 saturated heterocycles. The third-order valence-corrected chi connectivity index (χ3v) is 4.72. The van der Waals surface area contributed by atoms with Gasteiger partial charge in [-0.2, -0.15) is 0 Å². The number of carbonyl (C=O) groups is 3. The molecule has 0 saturated carbocycles. The van der Waals surface area contributed by atoms with Crippen molar-refractivity contribution < 1.29 is 18.8 Å². The Morgan fingerprint density at radius 3 is 2.61 bits per heavy atom. The standard InChI is InChI=1S/C21H22FN3O3/c1-14(26)16-4-2-5-18(12-16)24-21(28)25-11-3-6-19(25)20(27)23-13-15-7-9-17(22)10-8-15/h2,4-5,7-10,12,19H,3,6,11,13H2,1H3,(H,23,27)(H,24,28)/t19-/m0/s1. The number of hydrogen-bond acceptors (Lipinski definition) is 3. The van der Waals surface area contributed by atoms with Crippen LogP contribution in [0.25, 0.3) is 0 Å². The normalized spacial score (nSPS) is 15.9. The van der Waals surface area contributed by atoms with E-state index in [1.54, 1.807) is 36.4 Å². The molecule has 0 bridgehead atoms. The van der Waals surface area contributed by atoms with Crippen LogP contribution in [0, 0.1) is 5.82 Å². The number of hydrogen-bond donors (Lipinski definition) is 2. The molecule has 0 aromatic heterocycles. The number of ketones is 1. The first-order chi connectivity index (χ1) is 13.4. The van der Waals surface area contributed by atoms with E-state index in [1.807, 2.05) is 0 Å². The lowest BCUT2D eigenvalue weighted by Crippen LogP contribution is -2.47. The molecule has 1 aliphatic heterocycles. The second-order valence-electron chi connectivity index (χ2n) is 6.76. The van der Waals surface area contributed by atoms with E-state index < -0.39 is 6.04 Å². The van der Waals surface area contributed by atoms with E-state index in [9.17, 15) is 18.8 Å². The molecule has 2 aromatic carbocycles. The Balaban J connectivity index is 1.60. The molecule has 1 atom stereocenters. The number of Topliss-reactive ketones (excluding diaryl/α,β-unsaturated/α-hetero) is 1. The lowest BCUT2D eigenvalue weighted by Gasteiger charge is -2.24. The molecule has 28 heavy (non-hydrogen) atoms. The van der Waals surface area contributed by atoms with Gasteiger partial charge in [0, 0.05) is 24.3 Å². The van der Waals surface area contributed by atoms with Gasteiger partial charge in [0.1, 0.15) is 11.9 Å². The van der Waals surface area contributed by atoms with Crippen molar-refractivity contribution in [1.29, 1.82) is 0 Å². The minimum Gasteiger partial charge on any atom is -0.350 e. The summed E-state index contributed by atoms with van der Waals surface area (Å²) in [6.07, 6.45) is 1.31. The van der Waals surface area contributed by atoms with Gasteiger partial charge in [0.05, 0.1) is 0 Å². The number of nitrogens with zero attached hydrogens (tertiary/aromatic N) is 1. The van der Waals surface area contributed by atoms with Crippen LogP contribution >= 0.6 is 0 Å². The Kier molecular flexibility index (Phi) is 6.03. The molecule has 146 valence electrons. The Bertz CT molecular complexity index is 883. The summed E-state index contributed by atoms with van der Waals surface area (Å²) in [5.41, 5.74) is 1.80. The van der Waals surface area contributed by atoms with Crippen molar-refractivity contribution >= 4 is 23.4 Å². The third-order valence-electron chi connectivity index (χ3n) is 4.72. The molecule has 3 amide bonds. The van der Waals surface area contributed by atoms with Gasteiger partial charge < -0.3 is 15.5 Å². The minimum atomic E-state index is -0.559. The molecule has 7 heteroatoms. The molecule has 2 N–H and O–H groups in total. The van der Waals surface area contributed by atoms with Gasteiger partial charge in [0.2, 0.25) is 5.91 Å². The van der Waals surface area contributed by atoms with E-state index in [0.29, 0.717) is 24.2 Å². The van der Waals surface area contributed by atoms with Crippen LogP contribution in [-0.4, -0.2) is 35.2 Å². The zero-order valence-corrected chi connectivity index (χ0v) is 15.6. The number of rotatable bonds is 5. The molecule has 1 aliphatic rings. The van der Waals surface area contributed by atoms with Gasteiger partial charge in [0.15, 0.2) is 5.78 Å². The highest BCUT2D eigenvalue weighted by Crippen LogP contribution is 2.20. The van der Waals surface area contributed by atoms with Gasteiger partial charge in [-0.25, -0.2) is 9.18 Å². The molecule has 1 heterocycles. The first-order valence-corrected chi connectivity index (χ1v) is 9.15. The van der Waals surface area contributed by atoms with E-state index >= 15 is 0 Å². The second kappa shape index (κ2) is 8.65. The highest BCUT2D eigenvalue weighted by molar-refractivity contribution is 5.97. The SMILES string of the molecule is CC(=O)c1cccc(NC(=O)N2CCC[C@H]2C(=O)NCc2ccc(F)cc2)c1. The summed E-state index contributed by atoms with van der Waals surface area (Å²) in [5, 5.41) is 5.56. The highest BCUT2D eigenvalue weighted by atomic mass is 19.1. The van der Waals surface area contributed by atoms with Crippen molar-refractivity contribution in [2.75, 3.05) is 11.9 Å². The molecule has 0 radical (unpaired) electrons. The average molecular weight is 383 g/mol. The Labute approximate surface area is 162 Å². The lowest BCUT2D eigenvalue weighted by atomic mass is 10.1. The van der Waals surface area contributed by atoms with Crippen LogP contribution in [0.15, 0.2) is 48.5 Å². The van der Waals surface area contributed by atoms with E-state index in [1.165, 1.54) is 24.0 Å². The summed E-state index contributed by atoms with van der Waals surface area (Å²) in [6, 6.07) is 11.6. The summed E-state index contributed by atoms with van der Waals surface area (Å²) in [7, 11) is 0. The zero-order valence-electron chi connectivity index (χ0n) is 15.6. The van der Waals surface area contributed by atoms with Crippen LogP contribution in [0.1, 0.15) is 35.7 Å². The Hall–Kier alpha value is -3.22. The topological polar surface area (TPSA) is 78.5 Å². The molecule has 0 spiro atoms. The molecule has 2 aromatic rings. The van der Waals surface area contributed by atoms with Gasteiger partial charge in [0.25, 0.3) is 0 Å². The summed E-state index contributed by atoms with van der Waals surface area (Å²) >= 11 is 0. The maximum absolute atomic E-state index is 13.0. The fourth-order valence-electron chi connectivity index (χ4n) is 3.20. The maximum Gasteiger partial charge on any atom is 0.322 e. The van der Waals surface area contributed by atoms with Crippen LogP contribution in [-0.2, 0) is 11.3 Å². The van der Waals surface area contributed by atoms with E-state index in [0.717, 1.165) is 12.0 Å². The van der Waals surface area contributed by atoms with Gasteiger partial charge in [-0.3, -0.25) is 9.59 Å². The van der Waals surface area contributed by atoms with Crippen LogP contribution in [0.3, 0.4) is 0 Å². The third kappa shape index (κ3) is 4.73. The molecule has 0 aliphatic carbocycles. The first kappa shape index (κ1) is 19.5. The summed E-state index contributed by atoms with van der Waals surface area (Å²) < 4.78 is 13.0. The van der Waals surface area contributed by atoms with Crippen molar-refractivity contribution in [3.05, 3.63) is 65.5 Å². The van der Waals surface area contributed by atoms with Gasteiger partial charge >= 0.3 is 6.03 Å². The predicted molar refractivity (Wildman–Crippen MR) is 103 cm³/mol. The number of nitrogens with one attached hydrogen (secondary N) is 2. The summed E-state index contributed by atoms with van der Waals surface area (Å²) in [5.74, 6) is -0.660. The van der Waals surface area contributed by atoms with Crippen molar-refractivity contribution in [2.24, 2.45) is 0 Å². The van der Waals surface area contributed by atoms with Crippen LogP contribution in [0.2, 0.25) is 0 Å². The molecule has 1 fully saturated rings. The van der Waals surface area contributed by atoms with Gasteiger partial charge in [-0.1, -0.05) is 24.3 Å². The van der Waals surface area contributed by atoms with Crippen LogP contribution in [0.4, 0.5) is 14.9 Å². The van der Waals surface area contributed by atoms with Crippen LogP contribution < -0.4 is 10.6 Å².